The lowest BCUT2D eigenvalue weighted by Crippen LogP contribution is -2.33. The number of halogens is 1. The number of hydrogen-bond acceptors (Lipinski definition) is 7. The summed E-state index contributed by atoms with van der Waals surface area (Å²) in [6.45, 7) is 1.85. The van der Waals surface area contributed by atoms with Crippen molar-refractivity contribution < 1.29 is 9.21 Å². The van der Waals surface area contributed by atoms with Gasteiger partial charge in [0.25, 0.3) is 5.91 Å². The molecule has 0 spiro atoms. The minimum absolute atomic E-state index is 0.135. The first-order valence-corrected chi connectivity index (χ1v) is 11.9. The molecule has 2 atom stereocenters. The van der Waals surface area contributed by atoms with E-state index in [2.05, 4.69) is 15.2 Å². The summed E-state index contributed by atoms with van der Waals surface area (Å²) >= 11 is 7.39. The fourth-order valence-electron chi connectivity index (χ4n) is 3.80. The molecule has 0 unspecified atom stereocenters. The Bertz CT molecular complexity index is 1320. The molecule has 172 valence electrons. The van der Waals surface area contributed by atoms with E-state index in [1.54, 1.807) is 18.7 Å². The topological polar surface area (TPSA) is 89.4 Å². The highest BCUT2D eigenvalue weighted by molar-refractivity contribution is 8.00. The quantitative estimate of drug-likeness (QED) is 0.352. The lowest BCUT2D eigenvalue weighted by atomic mass is 10.0. The SMILES string of the molecule is C[C@@H](Sc1nnc(-c2ccncc2)n1C)C(=O)N1N=C(c2ccc(Cl)cc2)C[C@H]1c1ccco1. The molecule has 3 aromatic heterocycles. The van der Waals surface area contributed by atoms with Crippen LogP contribution in [0.2, 0.25) is 5.02 Å². The van der Waals surface area contributed by atoms with Gasteiger partial charge >= 0.3 is 0 Å². The Labute approximate surface area is 205 Å². The third-order valence-corrected chi connectivity index (χ3v) is 6.96. The van der Waals surface area contributed by atoms with Crippen LogP contribution in [0.1, 0.15) is 30.7 Å². The number of furan rings is 1. The van der Waals surface area contributed by atoms with Gasteiger partial charge in [-0.15, -0.1) is 10.2 Å². The molecule has 1 aliphatic heterocycles. The summed E-state index contributed by atoms with van der Waals surface area (Å²) in [5, 5.41) is 15.7. The molecule has 34 heavy (non-hydrogen) atoms. The standard InChI is InChI=1S/C24H21ClN6O2S/c1-15(34-24-28-27-22(30(24)2)17-9-11-26-12-10-17)23(32)31-20(21-4-3-13-33-21)14-19(29-31)16-5-7-18(25)8-6-16/h3-13,15,20H,14H2,1-2H3/t15-,20+/m1/s1. The third-order valence-electron chi connectivity index (χ3n) is 5.59. The van der Waals surface area contributed by atoms with Crippen LogP contribution < -0.4 is 0 Å². The highest BCUT2D eigenvalue weighted by Crippen LogP contribution is 2.36. The number of benzene rings is 1. The van der Waals surface area contributed by atoms with E-state index in [-0.39, 0.29) is 11.9 Å². The summed E-state index contributed by atoms with van der Waals surface area (Å²) in [7, 11) is 1.88. The zero-order valence-corrected chi connectivity index (χ0v) is 20.1. The molecule has 0 saturated heterocycles. The van der Waals surface area contributed by atoms with Crippen molar-refractivity contribution in [3.63, 3.8) is 0 Å². The lowest BCUT2D eigenvalue weighted by Gasteiger charge is -2.22. The van der Waals surface area contributed by atoms with E-state index < -0.39 is 5.25 Å². The fourth-order valence-corrected chi connectivity index (χ4v) is 4.78. The van der Waals surface area contributed by atoms with E-state index in [1.165, 1.54) is 16.8 Å². The van der Waals surface area contributed by atoms with Gasteiger partial charge in [0.2, 0.25) is 0 Å². The van der Waals surface area contributed by atoms with Gasteiger partial charge in [0.15, 0.2) is 11.0 Å². The average molecular weight is 493 g/mol. The number of hydrazone groups is 1. The molecule has 5 rings (SSSR count). The van der Waals surface area contributed by atoms with Gasteiger partial charge in [0.05, 0.1) is 17.2 Å². The fraction of sp³-hybridized carbons (Fsp3) is 0.208. The Kier molecular flexibility index (Phi) is 6.21. The van der Waals surface area contributed by atoms with Crippen molar-refractivity contribution in [2.75, 3.05) is 0 Å². The van der Waals surface area contributed by atoms with E-state index in [4.69, 9.17) is 21.1 Å². The van der Waals surface area contributed by atoms with Crippen molar-refractivity contribution in [3.8, 4) is 11.4 Å². The summed E-state index contributed by atoms with van der Waals surface area (Å²) < 4.78 is 7.52. The number of rotatable bonds is 6. The third kappa shape index (κ3) is 4.36. The van der Waals surface area contributed by atoms with E-state index in [9.17, 15) is 4.79 Å². The number of thioether (sulfide) groups is 1. The zero-order chi connectivity index (χ0) is 23.7. The normalized spacial score (nSPS) is 16.5. The van der Waals surface area contributed by atoms with E-state index in [0.717, 1.165) is 16.8 Å². The number of hydrogen-bond donors (Lipinski definition) is 0. The molecule has 0 bridgehead atoms. The molecule has 4 aromatic rings. The predicted octanol–water partition coefficient (Wildman–Crippen LogP) is 4.98. The molecule has 0 N–H and O–H groups in total. The highest BCUT2D eigenvalue weighted by Gasteiger charge is 2.37. The second kappa shape index (κ2) is 9.44. The van der Waals surface area contributed by atoms with Gasteiger partial charge in [-0.2, -0.15) is 5.10 Å². The first kappa shape index (κ1) is 22.4. The summed E-state index contributed by atoms with van der Waals surface area (Å²) in [5.41, 5.74) is 2.64. The van der Waals surface area contributed by atoms with Crippen LogP contribution in [0.4, 0.5) is 0 Å². The van der Waals surface area contributed by atoms with Crippen molar-refractivity contribution >= 4 is 35.0 Å². The molecule has 0 radical (unpaired) electrons. The average Bonchev–Trinajstić information content (AvgIpc) is 3.60. The summed E-state index contributed by atoms with van der Waals surface area (Å²) in [6.07, 6.45) is 5.58. The molecule has 4 heterocycles. The van der Waals surface area contributed by atoms with E-state index in [1.807, 2.05) is 67.1 Å². The Hall–Kier alpha value is -3.43. The molecule has 1 amide bonds. The second-order valence-corrected chi connectivity index (χ2v) is 9.58. The van der Waals surface area contributed by atoms with Crippen LogP contribution in [0.3, 0.4) is 0 Å². The Morgan fingerprint density at radius 2 is 1.88 bits per heavy atom. The maximum Gasteiger partial charge on any atom is 0.256 e. The first-order valence-electron chi connectivity index (χ1n) is 10.7. The Morgan fingerprint density at radius 1 is 1.12 bits per heavy atom. The molecule has 0 saturated carbocycles. The Balaban J connectivity index is 1.39. The van der Waals surface area contributed by atoms with Crippen LogP contribution in [0.5, 0.6) is 0 Å². The Morgan fingerprint density at radius 3 is 2.59 bits per heavy atom. The largest absolute Gasteiger partial charge is 0.467 e. The minimum atomic E-state index is -0.445. The molecule has 0 aliphatic carbocycles. The number of nitrogens with zero attached hydrogens (tertiary/aromatic N) is 6. The number of carbonyl (C=O) groups is 1. The molecule has 1 aromatic carbocycles. The van der Waals surface area contributed by atoms with Gasteiger partial charge in [-0.25, -0.2) is 5.01 Å². The molecule has 0 fully saturated rings. The summed E-state index contributed by atoms with van der Waals surface area (Å²) in [6, 6.07) is 14.6. The monoisotopic (exact) mass is 492 g/mol. The maximum absolute atomic E-state index is 13.5. The van der Waals surface area contributed by atoms with Crippen molar-refractivity contribution in [1.29, 1.82) is 0 Å². The highest BCUT2D eigenvalue weighted by atomic mass is 35.5. The number of pyridine rings is 1. The molecule has 8 nitrogen and oxygen atoms in total. The van der Waals surface area contributed by atoms with Gasteiger partial charge in [-0.1, -0.05) is 35.5 Å². The second-order valence-electron chi connectivity index (χ2n) is 7.83. The van der Waals surface area contributed by atoms with Crippen LogP contribution >= 0.6 is 23.4 Å². The number of carbonyl (C=O) groups excluding carboxylic acids is 1. The van der Waals surface area contributed by atoms with Gasteiger partial charge in [0, 0.05) is 36.4 Å². The minimum Gasteiger partial charge on any atom is -0.467 e. The maximum atomic E-state index is 13.5. The summed E-state index contributed by atoms with van der Waals surface area (Å²) in [4.78, 5) is 17.6. The van der Waals surface area contributed by atoms with Crippen LogP contribution in [0.15, 0.2) is 81.9 Å². The van der Waals surface area contributed by atoms with Crippen molar-refractivity contribution in [1.82, 2.24) is 24.8 Å². The molecular weight excluding hydrogens is 472 g/mol. The van der Waals surface area contributed by atoms with Crippen molar-refractivity contribution in [2.24, 2.45) is 12.1 Å². The van der Waals surface area contributed by atoms with Crippen molar-refractivity contribution in [2.45, 2.75) is 29.8 Å². The predicted molar refractivity (Wildman–Crippen MR) is 130 cm³/mol. The van der Waals surface area contributed by atoms with E-state index in [0.29, 0.717) is 28.2 Å². The van der Waals surface area contributed by atoms with Gasteiger partial charge in [0.1, 0.15) is 11.8 Å². The molecular formula is C24H21ClN6O2S. The smallest absolute Gasteiger partial charge is 0.256 e. The van der Waals surface area contributed by atoms with Crippen LogP contribution in [-0.4, -0.2) is 41.6 Å². The van der Waals surface area contributed by atoms with Crippen LogP contribution in [-0.2, 0) is 11.8 Å². The lowest BCUT2D eigenvalue weighted by molar-refractivity contribution is -0.132. The number of aromatic nitrogens is 4. The molecule has 1 aliphatic rings. The first-order chi connectivity index (χ1) is 16.5. The molecule has 10 heteroatoms. The van der Waals surface area contributed by atoms with Gasteiger partial charge < -0.3 is 8.98 Å². The van der Waals surface area contributed by atoms with E-state index >= 15 is 0 Å². The van der Waals surface area contributed by atoms with Crippen LogP contribution in [0.25, 0.3) is 11.4 Å². The van der Waals surface area contributed by atoms with Gasteiger partial charge in [-0.05, 0) is 48.9 Å². The van der Waals surface area contributed by atoms with Gasteiger partial charge in [-0.3, -0.25) is 9.78 Å². The zero-order valence-electron chi connectivity index (χ0n) is 18.5. The summed E-state index contributed by atoms with van der Waals surface area (Å²) in [5.74, 6) is 1.27. The number of amides is 1. The van der Waals surface area contributed by atoms with Crippen molar-refractivity contribution in [3.05, 3.63) is 83.5 Å². The van der Waals surface area contributed by atoms with Crippen LogP contribution in [0, 0.1) is 0 Å².